The first-order chi connectivity index (χ1) is 7.92. The van der Waals surface area contributed by atoms with E-state index in [1.54, 1.807) is 0 Å². The van der Waals surface area contributed by atoms with Crippen molar-refractivity contribution in [2.24, 2.45) is 5.92 Å². The summed E-state index contributed by atoms with van der Waals surface area (Å²) in [6.07, 6.45) is 1.22. The Morgan fingerprint density at radius 2 is 2.50 bits per heavy atom. The van der Waals surface area contributed by atoms with Gasteiger partial charge in [0.1, 0.15) is 5.82 Å². The molecule has 0 radical (unpaired) electrons. The fraction of sp³-hybridized carbons (Fsp3) is 0.556. The molecule has 1 aliphatic rings. The van der Waals surface area contributed by atoms with Gasteiger partial charge < -0.3 is 10.6 Å². The second-order valence-corrected chi connectivity index (χ2v) is 3.98. The molecular weight excluding hydrogens is 206 g/mol. The molecule has 1 atom stereocenters. The third-order valence-electron chi connectivity index (χ3n) is 2.80. The van der Waals surface area contributed by atoms with E-state index in [2.05, 4.69) is 31.3 Å². The van der Waals surface area contributed by atoms with Gasteiger partial charge in [-0.3, -0.25) is 0 Å². The van der Waals surface area contributed by atoms with Gasteiger partial charge in [0.25, 0.3) is 0 Å². The SMILES string of the molecule is c1cc2nnnn2nc1NCC1CCNC1. The van der Waals surface area contributed by atoms with Crippen LogP contribution in [0.5, 0.6) is 0 Å². The van der Waals surface area contributed by atoms with Crippen LogP contribution in [-0.2, 0) is 0 Å². The lowest BCUT2D eigenvalue weighted by Crippen LogP contribution is -2.18. The zero-order chi connectivity index (χ0) is 10.8. The quantitative estimate of drug-likeness (QED) is 0.727. The zero-order valence-corrected chi connectivity index (χ0v) is 8.80. The molecule has 7 heteroatoms. The average molecular weight is 219 g/mol. The smallest absolute Gasteiger partial charge is 0.200 e. The summed E-state index contributed by atoms with van der Waals surface area (Å²) in [6, 6.07) is 3.75. The van der Waals surface area contributed by atoms with Gasteiger partial charge in [0, 0.05) is 6.54 Å². The van der Waals surface area contributed by atoms with Crippen LogP contribution in [0.1, 0.15) is 6.42 Å². The van der Waals surface area contributed by atoms with Crippen molar-refractivity contribution in [2.45, 2.75) is 6.42 Å². The third kappa shape index (κ3) is 1.81. The molecule has 0 saturated carbocycles. The van der Waals surface area contributed by atoms with E-state index in [0.29, 0.717) is 11.6 Å². The summed E-state index contributed by atoms with van der Waals surface area (Å²) in [7, 11) is 0. The Hall–Kier alpha value is -1.76. The predicted octanol–water partition coefficient (Wildman–Crippen LogP) is -0.459. The number of rotatable bonds is 3. The number of tetrazole rings is 1. The average Bonchev–Trinajstić information content (AvgIpc) is 2.97. The van der Waals surface area contributed by atoms with Gasteiger partial charge in [0.15, 0.2) is 5.65 Å². The van der Waals surface area contributed by atoms with E-state index >= 15 is 0 Å². The van der Waals surface area contributed by atoms with Crippen LogP contribution in [-0.4, -0.2) is 44.9 Å². The van der Waals surface area contributed by atoms with Crippen LogP contribution in [0.4, 0.5) is 5.82 Å². The van der Waals surface area contributed by atoms with Gasteiger partial charge in [-0.2, -0.15) is 0 Å². The monoisotopic (exact) mass is 219 g/mol. The van der Waals surface area contributed by atoms with E-state index < -0.39 is 0 Å². The van der Waals surface area contributed by atoms with Gasteiger partial charge in [0.2, 0.25) is 0 Å². The highest BCUT2D eigenvalue weighted by atomic mass is 15.6. The first-order valence-electron chi connectivity index (χ1n) is 5.42. The van der Waals surface area contributed by atoms with E-state index in [0.717, 1.165) is 25.5 Å². The largest absolute Gasteiger partial charge is 0.368 e. The van der Waals surface area contributed by atoms with E-state index in [4.69, 9.17) is 0 Å². The maximum Gasteiger partial charge on any atom is 0.200 e. The first-order valence-corrected chi connectivity index (χ1v) is 5.42. The zero-order valence-electron chi connectivity index (χ0n) is 8.80. The predicted molar refractivity (Wildman–Crippen MR) is 58.0 cm³/mol. The summed E-state index contributed by atoms with van der Waals surface area (Å²) in [5, 5.41) is 22.0. The van der Waals surface area contributed by atoms with Crippen LogP contribution in [0.2, 0.25) is 0 Å². The van der Waals surface area contributed by atoms with Gasteiger partial charge in [-0.05, 0) is 48.0 Å². The Kier molecular flexibility index (Phi) is 2.37. The molecule has 0 spiro atoms. The minimum Gasteiger partial charge on any atom is -0.368 e. The Morgan fingerprint density at radius 3 is 3.38 bits per heavy atom. The van der Waals surface area contributed by atoms with Gasteiger partial charge in [-0.25, -0.2) is 0 Å². The summed E-state index contributed by atoms with van der Waals surface area (Å²) in [4.78, 5) is 0. The molecule has 0 aromatic carbocycles. The lowest BCUT2D eigenvalue weighted by atomic mass is 10.1. The van der Waals surface area contributed by atoms with Gasteiger partial charge >= 0.3 is 0 Å². The Balaban J connectivity index is 1.68. The van der Waals surface area contributed by atoms with Crippen molar-refractivity contribution in [3.05, 3.63) is 12.1 Å². The van der Waals surface area contributed by atoms with Crippen LogP contribution in [0, 0.1) is 5.92 Å². The molecule has 1 saturated heterocycles. The fourth-order valence-electron chi connectivity index (χ4n) is 1.88. The molecule has 0 amide bonds. The molecule has 3 heterocycles. The number of hydrogen-bond acceptors (Lipinski definition) is 6. The first kappa shape index (κ1) is 9.46. The van der Waals surface area contributed by atoms with Crippen molar-refractivity contribution in [3.8, 4) is 0 Å². The summed E-state index contributed by atoms with van der Waals surface area (Å²) in [6.45, 7) is 3.14. The molecular formula is C9H13N7. The normalized spacial score (nSPS) is 20.4. The highest BCUT2D eigenvalue weighted by Crippen LogP contribution is 2.09. The molecule has 0 aliphatic carbocycles. The van der Waals surface area contributed by atoms with Gasteiger partial charge in [0.05, 0.1) is 0 Å². The number of aromatic nitrogens is 5. The number of fused-ring (bicyclic) bond motifs is 1. The molecule has 3 rings (SSSR count). The highest BCUT2D eigenvalue weighted by molar-refractivity contribution is 5.42. The van der Waals surface area contributed by atoms with E-state index in [1.165, 1.54) is 11.1 Å². The summed E-state index contributed by atoms with van der Waals surface area (Å²) in [5.41, 5.74) is 0.660. The lowest BCUT2D eigenvalue weighted by molar-refractivity contribution is 0.612. The van der Waals surface area contributed by atoms with Crippen LogP contribution < -0.4 is 10.6 Å². The Morgan fingerprint density at radius 1 is 1.50 bits per heavy atom. The van der Waals surface area contributed by atoms with Crippen molar-refractivity contribution in [3.63, 3.8) is 0 Å². The van der Waals surface area contributed by atoms with Gasteiger partial charge in [-0.15, -0.1) is 14.8 Å². The summed E-state index contributed by atoms with van der Waals surface area (Å²) < 4.78 is 1.43. The van der Waals surface area contributed by atoms with Crippen molar-refractivity contribution in [2.75, 3.05) is 25.0 Å². The molecule has 84 valence electrons. The van der Waals surface area contributed by atoms with Crippen LogP contribution >= 0.6 is 0 Å². The fourth-order valence-corrected chi connectivity index (χ4v) is 1.88. The van der Waals surface area contributed by atoms with Crippen LogP contribution in [0.15, 0.2) is 12.1 Å². The van der Waals surface area contributed by atoms with Crippen LogP contribution in [0.25, 0.3) is 5.65 Å². The molecule has 1 unspecified atom stereocenters. The highest BCUT2D eigenvalue weighted by Gasteiger charge is 2.14. The molecule has 7 nitrogen and oxygen atoms in total. The van der Waals surface area contributed by atoms with E-state index in [9.17, 15) is 0 Å². The van der Waals surface area contributed by atoms with Gasteiger partial charge in [-0.1, -0.05) is 0 Å². The topological polar surface area (TPSA) is 80.0 Å². The number of nitrogens with zero attached hydrogens (tertiary/aromatic N) is 5. The molecule has 0 bridgehead atoms. The minimum absolute atomic E-state index is 0.660. The second-order valence-electron chi connectivity index (χ2n) is 3.98. The molecule has 16 heavy (non-hydrogen) atoms. The third-order valence-corrected chi connectivity index (χ3v) is 2.80. The maximum absolute atomic E-state index is 4.25. The molecule has 1 fully saturated rings. The van der Waals surface area contributed by atoms with Crippen molar-refractivity contribution in [1.29, 1.82) is 0 Å². The Bertz CT molecular complexity index is 473. The number of anilines is 1. The molecule has 1 aliphatic heterocycles. The van der Waals surface area contributed by atoms with Crippen molar-refractivity contribution < 1.29 is 0 Å². The minimum atomic E-state index is 0.660. The molecule has 2 aromatic heterocycles. The number of nitrogens with one attached hydrogen (secondary N) is 2. The van der Waals surface area contributed by atoms with Crippen molar-refractivity contribution >= 4 is 11.5 Å². The summed E-state index contributed by atoms with van der Waals surface area (Å²) in [5.74, 6) is 1.50. The van der Waals surface area contributed by atoms with E-state index in [1.807, 2.05) is 12.1 Å². The van der Waals surface area contributed by atoms with E-state index in [-0.39, 0.29) is 0 Å². The molecule has 2 N–H and O–H groups in total. The van der Waals surface area contributed by atoms with Crippen LogP contribution in [0.3, 0.4) is 0 Å². The molecule has 2 aromatic rings. The standard InChI is InChI=1S/C9H13N7/c1-2-9-12-14-15-16(9)13-8(1)11-6-7-3-4-10-5-7/h1-2,7,10H,3-6H2,(H,11,13). The Labute approximate surface area is 92.2 Å². The van der Waals surface area contributed by atoms with Crippen molar-refractivity contribution in [1.82, 2.24) is 30.6 Å². The second kappa shape index (κ2) is 4.01. The summed E-state index contributed by atoms with van der Waals surface area (Å²) >= 11 is 0. The maximum atomic E-state index is 4.25. The lowest BCUT2D eigenvalue weighted by Gasteiger charge is -2.09. The number of hydrogen-bond donors (Lipinski definition) is 2.